The minimum absolute atomic E-state index is 0.293. The SMILES string of the molecule is NOc1ccc[n+](C2OC(COP(=O)([O-])O)C(O)C2O)c1. The highest BCUT2D eigenvalue weighted by atomic mass is 31.2. The van der Waals surface area contributed by atoms with Crippen LogP contribution in [-0.4, -0.2) is 40.0 Å². The van der Waals surface area contributed by atoms with Gasteiger partial charge in [0.2, 0.25) is 11.9 Å². The summed E-state index contributed by atoms with van der Waals surface area (Å²) in [6.07, 6.45) is -1.88. The third-order valence-electron chi connectivity index (χ3n) is 2.96. The number of phosphoric ester groups is 1. The van der Waals surface area contributed by atoms with Gasteiger partial charge in [-0.1, -0.05) is 0 Å². The van der Waals surface area contributed by atoms with Gasteiger partial charge in [0.1, 0.15) is 12.2 Å². The summed E-state index contributed by atoms with van der Waals surface area (Å²) >= 11 is 0. The van der Waals surface area contributed by atoms with Crippen molar-refractivity contribution in [2.45, 2.75) is 24.5 Å². The predicted octanol–water partition coefficient (Wildman–Crippen LogP) is -2.68. The van der Waals surface area contributed by atoms with Crippen molar-refractivity contribution in [1.82, 2.24) is 0 Å². The zero-order valence-corrected chi connectivity index (χ0v) is 11.6. The molecule has 0 saturated carbocycles. The molecule has 5 N–H and O–H groups in total. The molecule has 118 valence electrons. The van der Waals surface area contributed by atoms with Crippen LogP contribution in [0.1, 0.15) is 6.23 Å². The Balaban J connectivity index is 2.10. The van der Waals surface area contributed by atoms with Gasteiger partial charge < -0.3 is 34.1 Å². The first-order valence-corrected chi connectivity index (χ1v) is 7.39. The van der Waals surface area contributed by atoms with E-state index in [-0.39, 0.29) is 0 Å². The van der Waals surface area contributed by atoms with Crippen LogP contribution in [0, 0.1) is 0 Å². The van der Waals surface area contributed by atoms with Gasteiger partial charge in [-0.3, -0.25) is 4.57 Å². The fraction of sp³-hybridized carbons (Fsp3) is 0.500. The number of aliphatic hydroxyl groups is 2. The highest BCUT2D eigenvalue weighted by Gasteiger charge is 2.48. The summed E-state index contributed by atoms with van der Waals surface area (Å²) in [5.41, 5.74) is 0. The van der Waals surface area contributed by atoms with Crippen LogP contribution in [0.5, 0.6) is 5.75 Å². The molecule has 1 aliphatic heterocycles. The van der Waals surface area contributed by atoms with Crippen LogP contribution >= 0.6 is 7.82 Å². The molecule has 0 amide bonds. The number of aliphatic hydroxyl groups excluding tert-OH is 2. The molecule has 2 rings (SSSR count). The summed E-state index contributed by atoms with van der Waals surface area (Å²) in [5, 5.41) is 19.8. The Labute approximate surface area is 119 Å². The van der Waals surface area contributed by atoms with E-state index in [2.05, 4.69) is 9.36 Å². The van der Waals surface area contributed by atoms with Crippen LogP contribution in [-0.2, 0) is 13.8 Å². The second kappa shape index (κ2) is 6.34. The minimum Gasteiger partial charge on any atom is -0.756 e. The summed E-state index contributed by atoms with van der Waals surface area (Å²) < 4.78 is 21.4. The van der Waals surface area contributed by atoms with E-state index in [0.29, 0.717) is 5.75 Å². The van der Waals surface area contributed by atoms with Crippen molar-refractivity contribution < 1.29 is 43.2 Å². The summed E-state index contributed by atoms with van der Waals surface area (Å²) in [6.45, 7) is -0.625. The average Bonchev–Trinajstić information content (AvgIpc) is 2.72. The lowest BCUT2D eigenvalue weighted by atomic mass is 10.1. The predicted molar refractivity (Wildman–Crippen MR) is 63.2 cm³/mol. The Bertz CT molecular complexity index is 538. The smallest absolute Gasteiger partial charge is 0.292 e. The van der Waals surface area contributed by atoms with E-state index in [1.54, 1.807) is 12.1 Å². The Morgan fingerprint density at radius 3 is 2.81 bits per heavy atom. The third-order valence-corrected chi connectivity index (χ3v) is 3.44. The van der Waals surface area contributed by atoms with Crippen molar-refractivity contribution in [3.63, 3.8) is 0 Å². The number of phosphoric acid groups is 1. The Morgan fingerprint density at radius 2 is 2.19 bits per heavy atom. The summed E-state index contributed by atoms with van der Waals surface area (Å²) in [4.78, 5) is 23.6. The van der Waals surface area contributed by atoms with E-state index in [4.69, 9.17) is 15.5 Å². The molecule has 5 unspecified atom stereocenters. The second-order valence-corrected chi connectivity index (χ2v) is 5.61. The van der Waals surface area contributed by atoms with Gasteiger partial charge in [-0.15, -0.1) is 0 Å². The van der Waals surface area contributed by atoms with Crippen LogP contribution in [0.4, 0.5) is 0 Å². The Morgan fingerprint density at radius 1 is 1.48 bits per heavy atom. The lowest BCUT2D eigenvalue weighted by Gasteiger charge is -2.19. The van der Waals surface area contributed by atoms with Gasteiger partial charge in [-0.2, -0.15) is 10.5 Å². The summed E-state index contributed by atoms with van der Waals surface area (Å²) in [7, 11) is -4.93. The number of aromatic nitrogens is 1. The van der Waals surface area contributed by atoms with Gasteiger partial charge >= 0.3 is 0 Å². The molecule has 1 saturated heterocycles. The molecule has 1 aromatic rings. The maximum absolute atomic E-state index is 10.5. The first-order chi connectivity index (χ1) is 9.81. The summed E-state index contributed by atoms with van der Waals surface area (Å²) in [5.74, 6) is 5.32. The maximum atomic E-state index is 10.5. The molecule has 1 fully saturated rings. The molecular weight excluding hydrogens is 307 g/mol. The topological polar surface area (TPSA) is 158 Å². The minimum atomic E-state index is -4.93. The molecule has 21 heavy (non-hydrogen) atoms. The fourth-order valence-electron chi connectivity index (χ4n) is 1.98. The molecule has 0 aromatic carbocycles. The molecule has 10 nitrogen and oxygen atoms in total. The van der Waals surface area contributed by atoms with Gasteiger partial charge in [0.05, 0.1) is 6.61 Å². The van der Waals surface area contributed by atoms with Gasteiger partial charge in [0.15, 0.2) is 12.3 Å². The van der Waals surface area contributed by atoms with Gasteiger partial charge in [0, 0.05) is 6.07 Å². The van der Waals surface area contributed by atoms with E-state index in [1.165, 1.54) is 17.0 Å². The van der Waals surface area contributed by atoms with Crippen LogP contribution in [0.15, 0.2) is 24.5 Å². The van der Waals surface area contributed by atoms with Gasteiger partial charge in [-0.25, -0.2) is 0 Å². The first-order valence-electron chi connectivity index (χ1n) is 5.89. The number of rotatable bonds is 5. The quantitative estimate of drug-likeness (QED) is 0.257. The zero-order chi connectivity index (χ0) is 15.6. The van der Waals surface area contributed by atoms with Crippen molar-refractivity contribution in [2.75, 3.05) is 6.61 Å². The van der Waals surface area contributed by atoms with Crippen molar-refractivity contribution in [2.24, 2.45) is 5.90 Å². The Kier molecular flexibility index (Phi) is 4.91. The number of pyridine rings is 1. The van der Waals surface area contributed by atoms with E-state index >= 15 is 0 Å². The third kappa shape index (κ3) is 3.96. The van der Waals surface area contributed by atoms with Crippen molar-refractivity contribution in [3.8, 4) is 5.75 Å². The maximum Gasteiger partial charge on any atom is 0.292 e. The standard InChI is InChI=1S/C10H15N2O8P/c11-20-6-2-1-3-12(4-6)10-9(14)8(13)7(19-10)5-18-21(15,16)17/h1-4,7-10,13-14H,5,11H2,(H-,15,16,17). The second-order valence-electron chi connectivity index (χ2n) is 4.42. The van der Waals surface area contributed by atoms with Crippen molar-refractivity contribution in [3.05, 3.63) is 24.5 Å². The first kappa shape index (κ1) is 16.3. The lowest BCUT2D eigenvalue weighted by Crippen LogP contribution is -2.45. The highest BCUT2D eigenvalue weighted by molar-refractivity contribution is 7.44. The summed E-state index contributed by atoms with van der Waals surface area (Å²) in [6, 6.07) is 3.14. The van der Waals surface area contributed by atoms with E-state index in [1.807, 2.05) is 0 Å². The molecule has 1 aromatic heterocycles. The van der Waals surface area contributed by atoms with Crippen LogP contribution in [0.25, 0.3) is 0 Å². The molecule has 0 aliphatic carbocycles. The van der Waals surface area contributed by atoms with E-state index < -0.39 is 39.0 Å². The van der Waals surface area contributed by atoms with Crippen molar-refractivity contribution >= 4 is 7.82 Å². The van der Waals surface area contributed by atoms with E-state index in [0.717, 1.165) is 0 Å². The number of hydrogen-bond acceptors (Lipinski definition) is 8. The molecule has 0 radical (unpaired) electrons. The molecule has 0 bridgehead atoms. The van der Waals surface area contributed by atoms with Gasteiger partial charge in [0.25, 0.3) is 14.1 Å². The fourth-order valence-corrected chi connectivity index (χ4v) is 2.31. The Hall–Kier alpha value is -1.10. The monoisotopic (exact) mass is 322 g/mol. The molecule has 2 heterocycles. The van der Waals surface area contributed by atoms with Crippen molar-refractivity contribution in [1.29, 1.82) is 0 Å². The number of hydrogen-bond donors (Lipinski definition) is 4. The van der Waals surface area contributed by atoms with Crippen LogP contribution < -0.4 is 20.2 Å². The number of ether oxygens (including phenoxy) is 1. The molecule has 5 atom stereocenters. The van der Waals surface area contributed by atoms with E-state index in [9.17, 15) is 19.7 Å². The average molecular weight is 322 g/mol. The van der Waals surface area contributed by atoms with Gasteiger partial charge in [-0.05, 0) is 6.07 Å². The highest BCUT2D eigenvalue weighted by Crippen LogP contribution is 2.33. The lowest BCUT2D eigenvalue weighted by molar-refractivity contribution is -0.766. The molecule has 1 aliphatic rings. The number of nitrogens with zero attached hydrogens (tertiary/aromatic N) is 1. The molecule has 0 spiro atoms. The van der Waals surface area contributed by atoms with Crippen LogP contribution in [0.3, 0.4) is 0 Å². The molecular formula is C10H15N2O8P. The normalized spacial score (nSPS) is 31.9. The number of nitrogens with two attached hydrogens (primary N) is 1. The largest absolute Gasteiger partial charge is 0.756 e. The zero-order valence-electron chi connectivity index (χ0n) is 10.7. The van der Waals surface area contributed by atoms with Crippen LogP contribution in [0.2, 0.25) is 0 Å². The molecule has 11 heteroatoms.